The van der Waals surface area contributed by atoms with E-state index in [1.54, 1.807) is 30.3 Å². The lowest BCUT2D eigenvalue weighted by Gasteiger charge is -2.11. The Morgan fingerprint density at radius 3 is 2.52 bits per heavy atom. The quantitative estimate of drug-likeness (QED) is 0.587. The molecule has 0 N–H and O–H groups in total. The average Bonchev–Trinajstić information content (AvgIpc) is 2.86. The van der Waals surface area contributed by atoms with Crippen molar-refractivity contribution in [2.45, 2.75) is 0 Å². The van der Waals surface area contributed by atoms with E-state index >= 15 is 0 Å². The highest BCUT2D eigenvalue weighted by Gasteiger charge is 2.36. The molecule has 7 heteroatoms. The Hall–Kier alpha value is -2.44. The van der Waals surface area contributed by atoms with Gasteiger partial charge in [-0.2, -0.15) is 0 Å². The Kier molecular flexibility index (Phi) is 5.01. The van der Waals surface area contributed by atoms with Crippen LogP contribution in [-0.4, -0.2) is 28.4 Å². The van der Waals surface area contributed by atoms with Crippen LogP contribution in [0.2, 0.25) is 5.02 Å². The molecule has 2 amide bonds. The number of halogens is 2. The summed E-state index contributed by atoms with van der Waals surface area (Å²) in [6, 6.07) is 12.5. The number of benzene rings is 2. The van der Waals surface area contributed by atoms with E-state index in [0.29, 0.717) is 17.3 Å². The minimum absolute atomic E-state index is 0.0258. The number of carbonyl (C=O) groups excluding carboxylic acids is 3. The predicted molar refractivity (Wildman–Crippen MR) is 94.9 cm³/mol. The third-order valence-electron chi connectivity index (χ3n) is 3.55. The van der Waals surface area contributed by atoms with E-state index in [0.717, 1.165) is 4.90 Å². The molecule has 0 atom stereocenters. The first-order chi connectivity index (χ1) is 12.0. The Balaban J connectivity index is 1.83. The van der Waals surface area contributed by atoms with Crippen LogP contribution in [0.25, 0.3) is 6.08 Å². The van der Waals surface area contributed by atoms with E-state index in [1.165, 1.54) is 24.3 Å². The van der Waals surface area contributed by atoms with Gasteiger partial charge in [0.15, 0.2) is 5.78 Å². The first-order valence-corrected chi connectivity index (χ1v) is 8.44. The Bertz CT molecular complexity index is 878. The second kappa shape index (κ2) is 7.21. The van der Waals surface area contributed by atoms with E-state index in [9.17, 15) is 18.8 Å². The standard InChI is InChI=1S/C18H11ClFNO3S/c19-13-7-4-8-14(20)12(13)9-16-17(23)21(18(24)25-16)10-15(22)11-5-2-1-3-6-11/h1-9H,10H2/b16-9-. The van der Waals surface area contributed by atoms with Gasteiger partial charge < -0.3 is 0 Å². The monoisotopic (exact) mass is 375 g/mol. The molecule has 25 heavy (non-hydrogen) atoms. The largest absolute Gasteiger partial charge is 0.293 e. The van der Waals surface area contributed by atoms with Crippen LogP contribution in [0.5, 0.6) is 0 Å². The molecular formula is C18H11ClFNO3S. The molecule has 1 aliphatic heterocycles. The molecule has 0 radical (unpaired) electrons. The number of nitrogens with zero attached hydrogens (tertiary/aromatic N) is 1. The summed E-state index contributed by atoms with van der Waals surface area (Å²) in [4.78, 5) is 37.6. The number of ketones is 1. The van der Waals surface area contributed by atoms with Crippen molar-refractivity contribution in [1.29, 1.82) is 0 Å². The lowest BCUT2D eigenvalue weighted by molar-refractivity contribution is -0.122. The van der Waals surface area contributed by atoms with Crippen LogP contribution in [0.15, 0.2) is 53.4 Å². The molecule has 1 fully saturated rings. The number of rotatable bonds is 4. The highest BCUT2D eigenvalue weighted by molar-refractivity contribution is 8.18. The molecule has 3 rings (SSSR count). The summed E-state index contributed by atoms with van der Waals surface area (Å²) in [6.07, 6.45) is 1.23. The van der Waals surface area contributed by atoms with E-state index in [1.807, 2.05) is 0 Å². The van der Waals surface area contributed by atoms with Gasteiger partial charge in [-0.15, -0.1) is 0 Å². The molecule has 1 saturated heterocycles. The molecule has 0 unspecified atom stereocenters. The van der Waals surface area contributed by atoms with Gasteiger partial charge in [-0.05, 0) is 30.0 Å². The molecule has 126 valence electrons. The van der Waals surface area contributed by atoms with Crippen LogP contribution in [0.3, 0.4) is 0 Å². The minimum Gasteiger partial charge on any atom is -0.292 e. The van der Waals surface area contributed by atoms with Crippen LogP contribution in [0, 0.1) is 5.82 Å². The van der Waals surface area contributed by atoms with E-state index in [4.69, 9.17) is 11.6 Å². The molecule has 0 aromatic heterocycles. The first kappa shape index (κ1) is 17.4. The number of carbonyl (C=O) groups is 3. The zero-order valence-corrected chi connectivity index (χ0v) is 14.3. The van der Waals surface area contributed by atoms with Gasteiger partial charge in [0.1, 0.15) is 5.82 Å². The van der Waals surface area contributed by atoms with Crippen molar-refractivity contribution in [1.82, 2.24) is 4.90 Å². The third-order valence-corrected chi connectivity index (χ3v) is 4.78. The molecule has 0 aliphatic carbocycles. The summed E-state index contributed by atoms with van der Waals surface area (Å²) in [5, 5.41) is -0.444. The maximum Gasteiger partial charge on any atom is 0.293 e. The molecule has 4 nitrogen and oxygen atoms in total. The van der Waals surface area contributed by atoms with Gasteiger partial charge in [0.2, 0.25) is 0 Å². The van der Waals surface area contributed by atoms with Gasteiger partial charge in [0.25, 0.3) is 11.1 Å². The van der Waals surface area contributed by atoms with Crippen molar-refractivity contribution in [3.05, 3.63) is 75.4 Å². The fourth-order valence-corrected chi connectivity index (χ4v) is 3.31. The third kappa shape index (κ3) is 3.65. The van der Waals surface area contributed by atoms with Gasteiger partial charge in [-0.1, -0.05) is 48.0 Å². The molecular weight excluding hydrogens is 365 g/mol. The van der Waals surface area contributed by atoms with Gasteiger partial charge >= 0.3 is 0 Å². The summed E-state index contributed by atoms with van der Waals surface area (Å²) < 4.78 is 13.9. The number of hydrogen-bond acceptors (Lipinski definition) is 4. The van der Waals surface area contributed by atoms with Gasteiger partial charge in [-0.3, -0.25) is 19.3 Å². The summed E-state index contributed by atoms with van der Waals surface area (Å²) in [5.41, 5.74) is 0.437. The van der Waals surface area contributed by atoms with Crippen LogP contribution in [0.4, 0.5) is 9.18 Å². The zero-order valence-electron chi connectivity index (χ0n) is 12.7. The molecule has 1 heterocycles. The van der Waals surface area contributed by atoms with E-state index in [2.05, 4.69) is 0 Å². The molecule has 1 aliphatic rings. The summed E-state index contributed by atoms with van der Waals surface area (Å²) >= 11 is 6.59. The SMILES string of the molecule is O=C(CN1C(=O)S/C(=C\c2c(F)cccc2Cl)C1=O)c1ccccc1. The number of imide groups is 1. The molecule has 2 aromatic carbocycles. The predicted octanol–water partition coefficient (Wildman–Crippen LogP) is 4.40. The first-order valence-electron chi connectivity index (χ1n) is 7.25. The highest BCUT2D eigenvalue weighted by Crippen LogP contribution is 2.34. The Morgan fingerprint density at radius 1 is 1.12 bits per heavy atom. The fraction of sp³-hybridized carbons (Fsp3) is 0.0556. The molecule has 2 aromatic rings. The smallest absolute Gasteiger partial charge is 0.292 e. The zero-order chi connectivity index (χ0) is 18.0. The molecule has 0 spiro atoms. The number of thioether (sulfide) groups is 1. The summed E-state index contributed by atoms with van der Waals surface area (Å²) in [7, 11) is 0. The van der Waals surface area contributed by atoms with E-state index in [-0.39, 0.29) is 27.8 Å². The van der Waals surface area contributed by atoms with Crippen molar-refractivity contribution < 1.29 is 18.8 Å². The van der Waals surface area contributed by atoms with Crippen molar-refractivity contribution in [3.8, 4) is 0 Å². The van der Waals surface area contributed by atoms with Crippen LogP contribution < -0.4 is 0 Å². The lowest BCUT2D eigenvalue weighted by atomic mass is 10.1. The van der Waals surface area contributed by atoms with Crippen LogP contribution >= 0.6 is 23.4 Å². The minimum atomic E-state index is -0.640. The highest BCUT2D eigenvalue weighted by atomic mass is 35.5. The maximum atomic E-state index is 13.9. The summed E-state index contributed by atoms with van der Waals surface area (Å²) in [5.74, 6) is -1.59. The number of amides is 2. The molecule has 0 bridgehead atoms. The van der Waals surface area contributed by atoms with Crippen molar-refractivity contribution in [2.24, 2.45) is 0 Å². The van der Waals surface area contributed by atoms with Gasteiger partial charge in [-0.25, -0.2) is 4.39 Å². The normalized spacial score (nSPS) is 15.9. The Labute approximate surface area is 152 Å². The summed E-state index contributed by atoms with van der Waals surface area (Å²) in [6.45, 7) is -0.364. The number of Topliss-reactive ketones (excluding diaryl/α,β-unsaturated/α-hetero) is 1. The molecule has 0 saturated carbocycles. The van der Waals surface area contributed by atoms with E-state index < -0.39 is 17.0 Å². The van der Waals surface area contributed by atoms with Gasteiger partial charge in [0.05, 0.1) is 16.5 Å². The van der Waals surface area contributed by atoms with Crippen LogP contribution in [-0.2, 0) is 4.79 Å². The van der Waals surface area contributed by atoms with Crippen molar-refractivity contribution in [2.75, 3.05) is 6.54 Å². The number of hydrogen-bond donors (Lipinski definition) is 0. The Morgan fingerprint density at radius 2 is 1.84 bits per heavy atom. The van der Waals surface area contributed by atoms with Gasteiger partial charge in [0, 0.05) is 11.1 Å². The second-order valence-corrected chi connectivity index (χ2v) is 6.59. The lowest BCUT2D eigenvalue weighted by Crippen LogP contribution is -2.33. The van der Waals surface area contributed by atoms with Crippen molar-refractivity contribution in [3.63, 3.8) is 0 Å². The maximum absolute atomic E-state index is 13.9. The second-order valence-electron chi connectivity index (χ2n) is 5.19. The van der Waals surface area contributed by atoms with Crippen LogP contribution in [0.1, 0.15) is 15.9 Å². The van der Waals surface area contributed by atoms with Crippen molar-refractivity contribution >= 4 is 46.4 Å². The average molecular weight is 376 g/mol. The topological polar surface area (TPSA) is 54.5 Å². The fourth-order valence-electron chi connectivity index (χ4n) is 2.27.